The SMILES string of the molecule is C/C(=N/NC(=S)Nc1cccc(Cl)c1C)c1ccc(Cl)s1. The van der Waals surface area contributed by atoms with Gasteiger partial charge < -0.3 is 5.32 Å². The highest BCUT2D eigenvalue weighted by atomic mass is 35.5. The number of thiocarbonyl (C=S) groups is 1. The number of hydrazone groups is 1. The van der Waals surface area contributed by atoms with Crippen LogP contribution in [0.5, 0.6) is 0 Å². The minimum absolute atomic E-state index is 0.405. The molecule has 1 aromatic heterocycles. The van der Waals surface area contributed by atoms with Gasteiger partial charge in [0, 0.05) is 10.7 Å². The molecule has 2 N–H and O–H groups in total. The fourth-order valence-corrected chi connectivity index (χ4v) is 2.91. The van der Waals surface area contributed by atoms with Gasteiger partial charge in [-0.15, -0.1) is 11.3 Å². The smallest absolute Gasteiger partial charge is 0.191 e. The van der Waals surface area contributed by atoms with Crippen molar-refractivity contribution in [2.24, 2.45) is 5.10 Å². The first-order chi connectivity index (χ1) is 9.97. The van der Waals surface area contributed by atoms with Crippen molar-refractivity contribution >= 4 is 63.3 Å². The predicted octanol–water partition coefficient (Wildman–Crippen LogP) is 5.07. The van der Waals surface area contributed by atoms with E-state index in [4.69, 9.17) is 35.4 Å². The number of anilines is 1. The van der Waals surface area contributed by atoms with Crippen LogP contribution in [0, 0.1) is 6.92 Å². The average Bonchev–Trinajstić information content (AvgIpc) is 2.88. The van der Waals surface area contributed by atoms with Crippen LogP contribution in [0.2, 0.25) is 9.36 Å². The number of hydrogen-bond donors (Lipinski definition) is 2. The Morgan fingerprint density at radius 3 is 2.67 bits per heavy atom. The molecular weight excluding hydrogens is 345 g/mol. The van der Waals surface area contributed by atoms with Crippen LogP contribution in [0.3, 0.4) is 0 Å². The Balaban J connectivity index is 2.00. The maximum absolute atomic E-state index is 6.06. The van der Waals surface area contributed by atoms with E-state index in [-0.39, 0.29) is 0 Å². The van der Waals surface area contributed by atoms with Gasteiger partial charge in [-0.25, -0.2) is 0 Å². The first-order valence-corrected chi connectivity index (χ1v) is 8.07. The highest BCUT2D eigenvalue weighted by Gasteiger charge is 2.05. The van der Waals surface area contributed by atoms with E-state index in [1.165, 1.54) is 11.3 Å². The van der Waals surface area contributed by atoms with Gasteiger partial charge >= 0.3 is 0 Å². The van der Waals surface area contributed by atoms with Crippen molar-refractivity contribution in [2.45, 2.75) is 13.8 Å². The van der Waals surface area contributed by atoms with Gasteiger partial charge in [-0.3, -0.25) is 5.43 Å². The van der Waals surface area contributed by atoms with E-state index >= 15 is 0 Å². The third kappa shape index (κ3) is 4.41. The van der Waals surface area contributed by atoms with Crippen molar-refractivity contribution in [2.75, 3.05) is 5.32 Å². The molecule has 110 valence electrons. The van der Waals surface area contributed by atoms with Crippen LogP contribution in [0.4, 0.5) is 5.69 Å². The molecule has 21 heavy (non-hydrogen) atoms. The second-order valence-corrected chi connectivity index (χ2v) is 6.81. The van der Waals surface area contributed by atoms with Gasteiger partial charge in [0.2, 0.25) is 0 Å². The lowest BCUT2D eigenvalue weighted by molar-refractivity contribution is 1.04. The molecule has 0 spiro atoms. The van der Waals surface area contributed by atoms with E-state index in [1.54, 1.807) is 0 Å². The lowest BCUT2D eigenvalue weighted by Gasteiger charge is -2.11. The molecule has 0 bridgehead atoms. The number of benzene rings is 1. The zero-order chi connectivity index (χ0) is 15.4. The summed E-state index contributed by atoms with van der Waals surface area (Å²) >= 11 is 18.7. The maximum Gasteiger partial charge on any atom is 0.191 e. The van der Waals surface area contributed by atoms with Crippen LogP contribution in [0.25, 0.3) is 0 Å². The van der Waals surface area contributed by atoms with Crippen LogP contribution in [-0.2, 0) is 0 Å². The Bertz CT molecular complexity index is 695. The van der Waals surface area contributed by atoms with Gasteiger partial charge in [-0.2, -0.15) is 5.10 Å². The number of halogens is 2. The molecule has 0 amide bonds. The van der Waals surface area contributed by atoms with Gasteiger partial charge in [-0.1, -0.05) is 29.3 Å². The molecule has 7 heteroatoms. The summed E-state index contributed by atoms with van der Waals surface area (Å²) in [6.07, 6.45) is 0. The molecule has 0 aliphatic heterocycles. The molecule has 0 saturated heterocycles. The van der Waals surface area contributed by atoms with E-state index in [0.717, 1.165) is 26.2 Å². The number of hydrogen-bond acceptors (Lipinski definition) is 3. The molecular formula is C14H13Cl2N3S2. The van der Waals surface area contributed by atoms with Crippen LogP contribution < -0.4 is 10.7 Å². The normalized spacial score (nSPS) is 11.3. The summed E-state index contributed by atoms with van der Waals surface area (Å²) in [6, 6.07) is 9.37. The lowest BCUT2D eigenvalue weighted by atomic mass is 10.2. The highest BCUT2D eigenvalue weighted by Crippen LogP contribution is 2.23. The molecule has 0 unspecified atom stereocenters. The van der Waals surface area contributed by atoms with Crippen LogP contribution >= 0.6 is 46.8 Å². The fourth-order valence-electron chi connectivity index (χ4n) is 1.59. The Hall–Kier alpha value is -1.14. The van der Waals surface area contributed by atoms with Crippen LogP contribution in [-0.4, -0.2) is 10.8 Å². The Kier molecular flexibility index (Phi) is 5.58. The minimum Gasteiger partial charge on any atom is -0.331 e. The monoisotopic (exact) mass is 357 g/mol. The number of nitrogens with zero attached hydrogens (tertiary/aromatic N) is 1. The van der Waals surface area contributed by atoms with Crippen molar-refractivity contribution in [3.8, 4) is 0 Å². The molecule has 1 aromatic carbocycles. The number of nitrogens with one attached hydrogen (secondary N) is 2. The standard InChI is InChI=1S/C14H13Cl2N3S2/c1-8-10(15)4-3-5-11(8)17-14(20)19-18-9(2)12-6-7-13(16)21-12/h3-7H,1-2H3,(H2,17,19,20)/b18-9-. The van der Waals surface area contributed by atoms with E-state index in [9.17, 15) is 0 Å². The van der Waals surface area contributed by atoms with Crippen molar-refractivity contribution < 1.29 is 0 Å². The lowest BCUT2D eigenvalue weighted by Crippen LogP contribution is -2.25. The van der Waals surface area contributed by atoms with Crippen molar-refractivity contribution in [1.29, 1.82) is 0 Å². The van der Waals surface area contributed by atoms with E-state index in [2.05, 4.69) is 15.8 Å². The number of rotatable bonds is 3. The first-order valence-electron chi connectivity index (χ1n) is 6.09. The van der Waals surface area contributed by atoms with Gasteiger partial charge in [0.25, 0.3) is 0 Å². The Morgan fingerprint density at radius 2 is 2.00 bits per heavy atom. The summed E-state index contributed by atoms with van der Waals surface area (Å²) in [5.41, 5.74) is 5.43. The summed E-state index contributed by atoms with van der Waals surface area (Å²) in [6.45, 7) is 3.82. The Morgan fingerprint density at radius 1 is 1.24 bits per heavy atom. The molecule has 2 aromatic rings. The minimum atomic E-state index is 0.405. The zero-order valence-corrected chi connectivity index (χ0v) is 14.6. The Labute approximate surface area is 143 Å². The molecule has 1 heterocycles. The fraction of sp³-hybridized carbons (Fsp3) is 0.143. The third-order valence-electron chi connectivity index (χ3n) is 2.77. The summed E-state index contributed by atoms with van der Waals surface area (Å²) in [5, 5.41) is 8.40. The van der Waals surface area contributed by atoms with E-state index in [0.29, 0.717) is 10.1 Å². The van der Waals surface area contributed by atoms with Gasteiger partial charge in [0.05, 0.1) is 14.9 Å². The quantitative estimate of drug-likeness (QED) is 0.457. The van der Waals surface area contributed by atoms with E-state index in [1.807, 2.05) is 44.2 Å². The van der Waals surface area contributed by atoms with Crippen LogP contribution in [0.1, 0.15) is 17.4 Å². The third-order valence-corrected chi connectivity index (χ3v) is 4.71. The zero-order valence-electron chi connectivity index (χ0n) is 11.4. The van der Waals surface area contributed by atoms with Crippen LogP contribution in [0.15, 0.2) is 35.4 Å². The molecule has 3 nitrogen and oxygen atoms in total. The molecule has 0 radical (unpaired) electrons. The molecule has 0 aliphatic rings. The summed E-state index contributed by atoms with van der Waals surface area (Å²) < 4.78 is 0.731. The van der Waals surface area contributed by atoms with Gasteiger partial charge in [0.15, 0.2) is 5.11 Å². The largest absolute Gasteiger partial charge is 0.331 e. The molecule has 0 aliphatic carbocycles. The van der Waals surface area contributed by atoms with E-state index < -0.39 is 0 Å². The summed E-state index contributed by atoms with van der Waals surface area (Å²) in [5.74, 6) is 0. The second-order valence-electron chi connectivity index (χ2n) is 4.28. The predicted molar refractivity (Wildman–Crippen MR) is 97.1 cm³/mol. The summed E-state index contributed by atoms with van der Waals surface area (Å²) in [7, 11) is 0. The second kappa shape index (κ2) is 7.22. The van der Waals surface area contributed by atoms with Gasteiger partial charge in [-0.05, 0) is 55.9 Å². The molecule has 2 rings (SSSR count). The van der Waals surface area contributed by atoms with Crippen molar-refractivity contribution in [3.05, 3.63) is 50.1 Å². The molecule has 0 fully saturated rings. The molecule has 0 saturated carbocycles. The first kappa shape index (κ1) is 16.2. The molecule has 0 atom stereocenters. The summed E-state index contributed by atoms with van der Waals surface area (Å²) in [4.78, 5) is 0.995. The van der Waals surface area contributed by atoms with Crippen molar-refractivity contribution in [1.82, 2.24) is 5.43 Å². The average molecular weight is 358 g/mol. The maximum atomic E-state index is 6.06. The van der Waals surface area contributed by atoms with Crippen molar-refractivity contribution in [3.63, 3.8) is 0 Å². The number of thiophene rings is 1. The van der Waals surface area contributed by atoms with Gasteiger partial charge in [0.1, 0.15) is 0 Å². The topological polar surface area (TPSA) is 36.4 Å². The highest BCUT2D eigenvalue weighted by molar-refractivity contribution is 7.80.